The van der Waals surface area contributed by atoms with Crippen molar-refractivity contribution in [1.82, 2.24) is 9.97 Å². The lowest BCUT2D eigenvalue weighted by atomic mass is 9.75. The normalized spacial score (nSPS) is 16.8. The summed E-state index contributed by atoms with van der Waals surface area (Å²) in [6.07, 6.45) is 5.45. The predicted molar refractivity (Wildman–Crippen MR) is 109 cm³/mol. The molecule has 27 heavy (non-hydrogen) atoms. The van der Waals surface area contributed by atoms with Crippen molar-refractivity contribution in [3.05, 3.63) is 66.1 Å². The van der Waals surface area contributed by atoms with E-state index in [0.717, 1.165) is 46.7 Å². The van der Waals surface area contributed by atoms with Gasteiger partial charge in [0.15, 0.2) is 0 Å². The molecule has 0 bridgehead atoms. The second kappa shape index (κ2) is 6.91. The van der Waals surface area contributed by atoms with Gasteiger partial charge in [0.1, 0.15) is 7.11 Å². The van der Waals surface area contributed by atoms with Gasteiger partial charge < -0.3 is 15.1 Å². The maximum Gasteiger partial charge on any atom is 0.106 e. The Balaban J connectivity index is 1.91. The number of nitrogens with one attached hydrogen (secondary N) is 2. The molecule has 0 fully saturated rings. The highest BCUT2D eigenvalue weighted by atomic mass is 16.6. The minimum absolute atomic E-state index is 0.120. The molecule has 0 unspecified atom stereocenters. The summed E-state index contributed by atoms with van der Waals surface area (Å²) in [7, 11) is 1.61. The first-order chi connectivity index (χ1) is 13.1. The largest absolute Gasteiger partial charge is 0.399 e. The van der Waals surface area contributed by atoms with Crippen LogP contribution in [0.4, 0.5) is 11.4 Å². The van der Waals surface area contributed by atoms with Gasteiger partial charge in [-0.1, -0.05) is 37.2 Å². The first-order valence-electron chi connectivity index (χ1n) is 9.15. The monoisotopic (exact) mass is 360 g/mol. The summed E-state index contributed by atoms with van der Waals surface area (Å²) in [6.45, 7) is 4.52. The van der Waals surface area contributed by atoms with Crippen LogP contribution in [0.15, 0.2) is 60.0 Å². The van der Waals surface area contributed by atoms with Crippen molar-refractivity contribution < 1.29 is 4.84 Å². The van der Waals surface area contributed by atoms with Gasteiger partial charge in [-0.25, -0.2) is 0 Å². The van der Waals surface area contributed by atoms with Crippen molar-refractivity contribution in [3.8, 4) is 11.3 Å². The summed E-state index contributed by atoms with van der Waals surface area (Å²) in [6, 6.07) is 14.2. The van der Waals surface area contributed by atoms with Crippen LogP contribution < -0.4 is 5.32 Å². The van der Waals surface area contributed by atoms with E-state index in [1.807, 2.05) is 42.7 Å². The fourth-order valence-corrected chi connectivity index (χ4v) is 3.80. The minimum Gasteiger partial charge on any atom is -0.399 e. The van der Waals surface area contributed by atoms with Crippen LogP contribution in [-0.2, 0) is 11.3 Å². The van der Waals surface area contributed by atoms with Crippen LogP contribution in [0.5, 0.6) is 0 Å². The summed E-state index contributed by atoms with van der Waals surface area (Å²) < 4.78 is 0. The molecule has 0 atom stereocenters. The predicted octanol–water partition coefficient (Wildman–Crippen LogP) is 5.14. The van der Waals surface area contributed by atoms with E-state index in [2.05, 4.69) is 46.4 Å². The van der Waals surface area contributed by atoms with Gasteiger partial charge in [-0.3, -0.25) is 4.98 Å². The Morgan fingerprint density at radius 1 is 1.07 bits per heavy atom. The third-order valence-corrected chi connectivity index (χ3v) is 4.88. The lowest BCUT2D eigenvalue weighted by molar-refractivity contribution is 0.210. The number of nitrogens with zero attached hydrogens (tertiary/aromatic N) is 2. The Morgan fingerprint density at radius 2 is 1.81 bits per heavy atom. The van der Waals surface area contributed by atoms with Crippen LogP contribution in [0.3, 0.4) is 0 Å². The highest BCUT2D eigenvalue weighted by Crippen LogP contribution is 2.43. The molecule has 1 aromatic carbocycles. The molecule has 1 aliphatic rings. The summed E-state index contributed by atoms with van der Waals surface area (Å²) in [5.74, 6) is 0. The summed E-state index contributed by atoms with van der Waals surface area (Å²) in [4.78, 5) is 13.0. The molecule has 5 nitrogen and oxygen atoms in total. The highest BCUT2D eigenvalue weighted by molar-refractivity contribution is 6.10. The van der Waals surface area contributed by atoms with Gasteiger partial charge in [-0.2, -0.15) is 0 Å². The maximum absolute atomic E-state index is 5.19. The van der Waals surface area contributed by atoms with E-state index in [1.54, 1.807) is 7.11 Å². The average Bonchev–Trinajstić information content (AvgIpc) is 3.00. The average molecular weight is 360 g/mol. The zero-order chi connectivity index (χ0) is 18.9. The van der Waals surface area contributed by atoms with Crippen molar-refractivity contribution in [3.63, 3.8) is 0 Å². The molecule has 3 aromatic rings. The molecule has 0 radical (unpaired) electrons. The second-order valence-electron chi connectivity index (χ2n) is 7.69. The van der Waals surface area contributed by atoms with Gasteiger partial charge >= 0.3 is 0 Å². The van der Waals surface area contributed by atoms with Crippen molar-refractivity contribution in [2.45, 2.75) is 26.7 Å². The number of H-pyrrole nitrogens is 1. The number of oxime groups is 1. The number of benzene rings is 1. The SMILES string of the molecule is CON=C1CC(C)(C)Cc2[nH]c(-c3ccncc3)c(Nc3ccccc3)c21. The Morgan fingerprint density at radius 3 is 2.52 bits per heavy atom. The van der Waals surface area contributed by atoms with Crippen LogP contribution in [0.25, 0.3) is 11.3 Å². The third-order valence-electron chi connectivity index (χ3n) is 4.88. The van der Waals surface area contributed by atoms with Gasteiger partial charge in [-0.15, -0.1) is 0 Å². The molecule has 2 aromatic heterocycles. The van der Waals surface area contributed by atoms with Crippen LogP contribution in [0.1, 0.15) is 31.5 Å². The number of hydrogen-bond acceptors (Lipinski definition) is 4. The maximum atomic E-state index is 5.19. The van der Waals surface area contributed by atoms with Crippen molar-refractivity contribution in [2.24, 2.45) is 10.6 Å². The molecule has 2 N–H and O–H groups in total. The Hall–Kier alpha value is -3.08. The Bertz CT molecular complexity index is 959. The first kappa shape index (κ1) is 17.3. The van der Waals surface area contributed by atoms with Gasteiger partial charge in [0.05, 0.1) is 17.1 Å². The zero-order valence-corrected chi connectivity index (χ0v) is 15.9. The van der Waals surface area contributed by atoms with Crippen LogP contribution in [0, 0.1) is 5.41 Å². The molecule has 5 heteroatoms. The number of aromatic amines is 1. The van der Waals surface area contributed by atoms with E-state index in [4.69, 9.17) is 4.84 Å². The van der Waals surface area contributed by atoms with Gasteiger partial charge in [-0.05, 0) is 42.5 Å². The molecule has 0 amide bonds. The number of hydrogen-bond donors (Lipinski definition) is 2. The Labute approximate surface area is 159 Å². The topological polar surface area (TPSA) is 62.3 Å². The van der Waals surface area contributed by atoms with E-state index < -0.39 is 0 Å². The van der Waals surface area contributed by atoms with E-state index in [-0.39, 0.29) is 5.41 Å². The fraction of sp³-hybridized carbons (Fsp3) is 0.273. The quantitative estimate of drug-likeness (QED) is 0.633. The van der Waals surface area contributed by atoms with Crippen LogP contribution >= 0.6 is 0 Å². The lowest BCUT2D eigenvalue weighted by Crippen LogP contribution is -2.27. The molecule has 1 aliphatic carbocycles. The molecule has 0 spiro atoms. The van der Waals surface area contributed by atoms with E-state index in [1.165, 1.54) is 5.69 Å². The second-order valence-corrected chi connectivity index (χ2v) is 7.69. The van der Waals surface area contributed by atoms with Crippen molar-refractivity contribution in [2.75, 3.05) is 12.4 Å². The summed E-state index contributed by atoms with van der Waals surface area (Å²) in [5, 5.41) is 7.98. The zero-order valence-electron chi connectivity index (χ0n) is 15.9. The number of para-hydroxylation sites is 1. The molecular formula is C22H24N4O. The molecule has 0 aliphatic heterocycles. The number of anilines is 2. The molecule has 4 rings (SSSR count). The molecule has 0 saturated heterocycles. The minimum atomic E-state index is 0.120. The Kier molecular flexibility index (Phi) is 4.44. The molecular weight excluding hydrogens is 336 g/mol. The summed E-state index contributed by atoms with van der Waals surface area (Å²) in [5.41, 5.74) is 7.61. The van der Waals surface area contributed by atoms with E-state index >= 15 is 0 Å². The fourth-order valence-electron chi connectivity index (χ4n) is 3.80. The smallest absolute Gasteiger partial charge is 0.106 e. The van der Waals surface area contributed by atoms with Gasteiger partial charge in [0.2, 0.25) is 0 Å². The first-order valence-corrected chi connectivity index (χ1v) is 9.15. The van der Waals surface area contributed by atoms with Crippen LogP contribution in [-0.4, -0.2) is 22.8 Å². The number of rotatable bonds is 4. The van der Waals surface area contributed by atoms with Gasteiger partial charge in [0, 0.05) is 34.9 Å². The van der Waals surface area contributed by atoms with Crippen LogP contribution in [0.2, 0.25) is 0 Å². The van der Waals surface area contributed by atoms with Gasteiger partial charge in [0.25, 0.3) is 0 Å². The van der Waals surface area contributed by atoms with Crippen molar-refractivity contribution >= 4 is 17.1 Å². The van der Waals surface area contributed by atoms with E-state index in [0.29, 0.717) is 0 Å². The standard InChI is InChI=1S/C22H24N4O/c1-22(2)13-17-19(18(14-22)26-27-3)21(24-16-7-5-4-6-8-16)20(25-17)15-9-11-23-12-10-15/h4-12,24-25H,13-14H2,1-3H3. The highest BCUT2D eigenvalue weighted by Gasteiger charge is 2.35. The van der Waals surface area contributed by atoms with Crippen molar-refractivity contribution in [1.29, 1.82) is 0 Å². The lowest BCUT2D eigenvalue weighted by Gasteiger charge is -2.30. The van der Waals surface area contributed by atoms with E-state index in [9.17, 15) is 0 Å². The number of aromatic nitrogens is 2. The number of fused-ring (bicyclic) bond motifs is 1. The molecule has 2 heterocycles. The third kappa shape index (κ3) is 3.45. The molecule has 0 saturated carbocycles. The molecule has 138 valence electrons. The number of pyridine rings is 1. The summed E-state index contributed by atoms with van der Waals surface area (Å²) >= 11 is 0.